The molecule has 4 rings (SSSR count). The minimum atomic E-state index is -1.18. The molecule has 1 aromatic rings. The van der Waals surface area contributed by atoms with Crippen molar-refractivity contribution < 1.29 is 9.00 Å². The van der Waals surface area contributed by atoms with Gasteiger partial charge in [0.05, 0.1) is 16.0 Å². The maximum Gasteiger partial charge on any atom is 0.152 e. The number of carbonyl (C=O) groups excluding carboxylic acids is 1. The predicted molar refractivity (Wildman–Crippen MR) is 76.4 cm³/mol. The lowest BCUT2D eigenvalue weighted by Crippen LogP contribution is -2.58. The molecule has 3 heteroatoms. The van der Waals surface area contributed by atoms with Crippen molar-refractivity contribution in [2.75, 3.05) is 0 Å². The smallest absolute Gasteiger partial charge is 0.152 e. The van der Waals surface area contributed by atoms with Crippen LogP contribution in [0.15, 0.2) is 29.2 Å². The third-order valence-electron chi connectivity index (χ3n) is 5.14. The van der Waals surface area contributed by atoms with Gasteiger partial charge in [0.2, 0.25) is 0 Å². The molecular weight excluding hydrogens is 256 g/mol. The van der Waals surface area contributed by atoms with Gasteiger partial charge in [-0.15, -0.1) is 0 Å². The minimum absolute atomic E-state index is 0.130. The van der Waals surface area contributed by atoms with Gasteiger partial charge in [0.15, 0.2) is 5.78 Å². The molecule has 3 fully saturated rings. The molecule has 19 heavy (non-hydrogen) atoms. The second kappa shape index (κ2) is 4.27. The highest BCUT2D eigenvalue weighted by atomic mass is 32.2. The molecule has 1 aromatic carbocycles. The van der Waals surface area contributed by atoms with E-state index in [1.165, 1.54) is 0 Å². The normalized spacial score (nSPS) is 33.6. The van der Waals surface area contributed by atoms with Crippen LogP contribution in [0.25, 0.3) is 0 Å². The van der Waals surface area contributed by atoms with Crippen molar-refractivity contribution in [2.24, 2.45) is 17.3 Å². The minimum Gasteiger partial charge on any atom is -0.298 e. The molecule has 0 saturated heterocycles. The van der Waals surface area contributed by atoms with E-state index in [-0.39, 0.29) is 22.4 Å². The molecule has 0 aromatic heterocycles. The molecule has 0 radical (unpaired) electrons. The Balaban J connectivity index is 1.83. The monoisotopic (exact) mass is 276 g/mol. The zero-order valence-electron chi connectivity index (χ0n) is 11.7. The highest BCUT2D eigenvalue weighted by Gasteiger charge is 2.58. The van der Waals surface area contributed by atoms with Crippen molar-refractivity contribution in [3.63, 3.8) is 0 Å². The number of aryl methyl sites for hydroxylation is 1. The first-order valence-corrected chi connectivity index (χ1v) is 8.13. The molecule has 3 aliphatic rings. The summed E-state index contributed by atoms with van der Waals surface area (Å²) in [6, 6.07) is 7.71. The van der Waals surface area contributed by atoms with Gasteiger partial charge < -0.3 is 0 Å². The standard InChI is InChI=1S/C16H20O2S/c1-10-4-6-12(7-5-10)19(18)14-9-11-8-13(15(14)17)16(11,2)3/h4-7,11,13-14H,8-9H2,1-3H3/t11-,13+,14+,19-/m1/s1. The average molecular weight is 276 g/mol. The van der Waals surface area contributed by atoms with E-state index >= 15 is 0 Å². The fourth-order valence-corrected chi connectivity index (χ4v) is 5.04. The van der Waals surface area contributed by atoms with Crippen LogP contribution in [-0.4, -0.2) is 15.2 Å². The van der Waals surface area contributed by atoms with Crippen LogP contribution in [0.5, 0.6) is 0 Å². The van der Waals surface area contributed by atoms with Crippen LogP contribution in [0.4, 0.5) is 0 Å². The zero-order valence-corrected chi connectivity index (χ0v) is 12.5. The van der Waals surface area contributed by atoms with Crippen molar-refractivity contribution in [1.29, 1.82) is 0 Å². The second-order valence-corrected chi connectivity index (χ2v) is 8.18. The van der Waals surface area contributed by atoms with E-state index in [9.17, 15) is 9.00 Å². The third kappa shape index (κ3) is 1.90. The Hall–Kier alpha value is -0.960. The number of rotatable bonds is 2. The fourth-order valence-electron chi connectivity index (χ4n) is 3.53. The lowest BCUT2D eigenvalue weighted by molar-refractivity contribution is -0.147. The van der Waals surface area contributed by atoms with Gasteiger partial charge in [-0.1, -0.05) is 31.5 Å². The number of Topliss-reactive ketones (excluding diaryl/α,β-unsaturated/α-hetero) is 1. The summed E-state index contributed by atoms with van der Waals surface area (Å²) < 4.78 is 12.6. The summed E-state index contributed by atoms with van der Waals surface area (Å²) in [4.78, 5) is 13.3. The molecule has 0 N–H and O–H groups in total. The van der Waals surface area contributed by atoms with Gasteiger partial charge in [0.1, 0.15) is 0 Å². The highest BCUT2D eigenvalue weighted by molar-refractivity contribution is 7.86. The van der Waals surface area contributed by atoms with Crippen molar-refractivity contribution in [2.45, 2.75) is 43.8 Å². The number of ketones is 1. The number of hydrogen-bond donors (Lipinski definition) is 0. The number of benzene rings is 1. The number of fused-ring (bicyclic) bond motifs is 2. The van der Waals surface area contributed by atoms with Gasteiger partial charge >= 0.3 is 0 Å². The van der Waals surface area contributed by atoms with Crippen LogP contribution in [0.2, 0.25) is 0 Å². The Labute approximate surface area is 117 Å². The molecule has 0 spiro atoms. The first-order chi connectivity index (χ1) is 8.91. The van der Waals surface area contributed by atoms with Gasteiger partial charge in [-0.05, 0) is 43.2 Å². The Morgan fingerprint density at radius 1 is 1.16 bits per heavy atom. The molecule has 0 aliphatic heterocycles. The Morgan fingerprint density at radius 2 is 1.79 bits per heavy atom. The average Bonchev–Trinajstić information content (AvgIpc) is 2.38. The summed E-state index contributed by atoms with van der Waals surface area (Å²) in [5.41, 5.74) is 1.28. The van der Waals surface area contributed by atoms with E-state index in [4.69, 9.17) is 0 Å². The summed E-state index contributed by atoms with van der Waals surface area (Å²) in [6.45, 7) is 6.36. The topological polar surface area (TPSA) is 34.1 Å². The van der Waals surface area contributed by atoms with Gasteiger partial charge in [0.25, 0.3) is 0 Å². The van der Waals surface area contributed by atoms with Crippen LogP contribution in [0, 0.1) is 24.2 Å². The molecule has 3 aliphatic carbocycles. The van der Waals surface area contributed by atoms with E-state index in [1.807, 2.05) is 31.2 Å². The van der Waals surface area contributed by atoms with Crippen molar-refractivity contribution in [3.8, 4) is 0 Å². The SMILES string of the molecule is Cc1ccc([S@@](=O)[C@H]2C[C@H]3C[C@@H](C2=O)C3(C)C)cc1. The maximum atomic E-state index is 12.6. The zero-order chi connectivity index (χ0) is 13.8. The molecule has 0 unspecified atom stereocenters. The fraction of sp³-hybridized carbons (Fsp3) is 0.562. The van der Waals surface area contributed by atoms with Crippen molar-refractivity contribution in [1.82, 2.24) is 0 Å². The number of hydrogen-bond acceptors (Lipinski definition) is 2. The van der Waals surface area contributed by atoms with Crippen LogP contribution in [0.1, 0.15) is 32.3 Å². The lowest BCUT2D eigenvalue weighted by Gasteiger charge is -2.57. The van der Waals surface area contributed by atoms with E-state index < -0.39 is 10.8 Å². The van der Waals surface area contributed by atoms with Crippen LogP contribution < -0.4 is 0 Å². The molecular formula is C16H20O2S. The molecule has 102 valence electrons. The van der Waals surface area contributed by atoms with E-state index in [0.29, 0.717) is 5.92 Å². The number of carbonyl (C=O) groups is 1. The first-order valence-electron chi connectivity index (χ1n) is 6.92. The first kappa shape index (κ1) is 13.0. The summed E-state index contributed by atoms with van der Waals surface area (Å²) in [6.07, 6.45) is 1.80. The molecule has 0 amide bonds. The summed E-state index contributed by atoms with van der Waals surface area (Å²) >= 11 is 0. The molecule has 0 heterocycles. The van der Waals surface area contributed by atoms with Gasteiger partial charge in [-0.3, -0.25) is 9.00 Å². The van der Waals surface area contributed by atoms with Crippen LogP contribution in [-0.2, 0) is 15.6 Å². The lowest BCUT2D eigenvalue weighted by atomic mass is 9.48. The van der Waals surface area contributed by atoms with E-state index in [0.717, 1.165) is 23.3 Å². The molecule has 2 bridgehead atoms. The van der Waals surface area contributed by atoms with Crippen molar-refractivity contribution >= 4 is 16.6 Å². The quantitative estimate of drug-likeness (QED) is 0.831. The Kier molecular flexibility index (Phi) is 2.93. The van der Waals surface area contributed by atoms with Crippen LogP contribution in [0.3, 0.4) is 0 Å². The molecule has 4 atom stereocenters. The van der Waals surface area contributed by atoms with Gasteiger partial charge in [-0.2, -0.15) is 0 Å². The predicted octanol–water partition coefficient (Wildman–Crippen LogP) is 3.11. The molecule has 2 nitrogen and oxygen atoms in total. The van der Waals surface area contributed by atoms with Gasteiger partial charge in [0, 0.05) is 10.8 Å². The third-order valence-corrected chi connectivity index (χ3v) is 6.82. The van der Waals surface area contributed by atoms with E-state index in [1.54, 1.807) is 0 Å². The molecule has 3 saturated carbocycles. The summed E-state index contributed by atoms with van der Waals surface area (Å²) in [7, 11) is -1.18. The van der Waals surface area contributed by atoms with Gasteiger partial charge in [-0.25, -0.2) is 0 Å². The maximum absolute atomic E-state index is 12.6. The summed E-state index contributed by atoms with van der Waals surface area (Å²) in [5, 5.41) is -0.278. The highest BCUT2D eigenvalue weighted by Crippen LogP contribution is 2.58. The second-order valence-electron chi connectivity index (χ2n) is 6.54. The van der Waals surface area contributed by atoms with E-state index in [2.05, 4.69) is 13.8 Å². The van der Waals surface area contributed by atoms with Crippen molar-refractivity contribution in [3.05, 3.63) is 29.8 Å². The Morgan fingerprint density at radius 3 is 2.32 bits per heavy atom. The summed E-state index contributed by atoms with van der Waals surface area (Å²) in [5.74, 6) is 0.923. The Bertz CT molecular complexity index is 544. The van der Waals surface area contributed by atoms with Crippen LogP contribution >= 0.6 is 0 Å². The largest absolute Gasteiger partial charge is 0.298 e.